The van der Waals surface area contributed by atoms with Gasteiger partial charge in [-0.15, -0.1) is 11.6 Å². The van der Waals surface area contributed by atoms with Crippen molar-refractivity contribution in [3.8, 4) is 5.75 Å². The van der Waals surface area contributed by atoms with E-state index < -0.39 is 0 Å². The van der Waals surface area contributed by atoms with E-state index in [1.807, 2.05) is 0 Å². The molecule has 2 nitrogen and oxygen atoms in total. The minimum atomic E-state index is 0.322. The Morgan fingerprint density at radius 3 is 2.90 bits per heavy atom. The Labute approximate surface area is 127 Å². The Bertz CT molecular complexity index is 458. The van der Waals surface area contributed by atoms with E-state index in [-0.39, 0.29) is 0 Å². The molecule has 3 rings (SSSR count). The highest BCUT2D eigenvalue weighted by Gasteiger charge is 2.30. The van der Waals surface area contributed by atoms with Crippen molar-refractivity contribution in [2.75, 3.05) is 19.0 Å². The molecule has 0 saturated heterocycles. The second-order valence-electron chi connectivity index (χ2n) is 6.18. The van der Waals surface area contributed by atoms with Crippen molar-refractivity contribution in [3.63, 3.8) is 0 Å². The molecule has 1 atom stereocenters. The second-order valence-corrected chi connectivity index (χ2v) is 6.56. The maximum atomic E-state index is 6.12. The lowest BCUT2D eigenvalue weighted by Crippen LogP contribution is -2.45. The molecule has 3 heteroatoms. The number of hydrogen-bond acceptors (Lipinski definition) is 2. The number of ether oxygens (including phenoxy) is 1. The summed E-state index contributed by atoms with van der Waals surface area (Å²) in [6.07, 6.45) is 6.54. The predicted octanol–water partition coefficient (Wildman–Crippen LogP) is 3.78. The molecule has 1 unspecified atom stereocenters. The van der Waals surface area contributed by atoms with Gasteiger partial charge in [0.15, 0.2) is 0 Å². The summed E-state index contributed by atoms with van der Waals surface area (Å²) in [6.45, 7) is 4.31. The van der Waals surface area contributed by atoms with Crippen LogP contribution in [0.3, 0.4) is 0 Å². The van der Waals surface area contributed by atoms with Gasteiger partial charge in [-0.1, -0.05) is 24.1 Å². The zero-order valence-electron chi connectivity index (χ0n) is 12.3. The summed E-state index contributed by atoms with van der Waals surface area (Å²) < 4.78 is 6.12. The summed E-state index contributed by atoms with van der Waals surface area (Å²) in [5, 5.41) is 0. The molecule has 1 aromatic rings. The molecule has 0 spiro atoms. The standard InChI is InChI=1S/C17H24ClNO/c1-13-6-7-17-14(10-13)11-16(20-17)12-19(9-3-8-18)15-4-2-5-15/h6-7,10,15-16H,2-5,8-9,11-12H2,1H3. The van der Waals surface area contributed by atoms with Gasteiger partial charge >= 0.3 is 0 Å². The summed E-state index contributed by atoms with van der Waals surface area (Å²) in [6, 6.07) is 7.30. The van der Waals surface area contributed by atoms with Crippen molar-refractivity contribution < 1.29 is 4.74 Å². The molecular weight excluding hydrogens is 270 g/mol. The molecule has 1 aromatic carbocycles. The number of fused-ring (bicyclic) bond motifs is 1. The highest BCUT2D eigenvalue weighted by Crippen LogP contribution is 2.31. The van der Waals surface area contributed by atoms with Gasteiger partial charge in [0.05, 0.1) is 0 Å². The van der Waals surface area contributed by atoms with E-state index in [2.05, 4.69) is 30.0 Å². The van der Waals surface area contributed by atoms with Gasteiger partial charge in [0.1, 0.15) is 11.9 Å². The molecular formula is C17H24ClNO. The molecule has 110 valence electrons. The summed E-state index contributed by atoms with van der Waals surface area (Å²) in [5.41, 5.74) is 2.70. The molecule has 1 saturated carbocycles. The lowest BCUT2D eigenvalue weighted by atomic mass is 9.91. The van der Waals surface area contributed by atoms with Crippen molar-refractivity contribution in [2.24, 2.45) is 0 Å². The van der Waals surface area contributed by atoms with Crippen LogP contribution in [0, 0.1) is 6.92 Å². The molecule has 0 bridgehead atoms. The number of nitrogens with zero attached hydrogens (tertiary/aromatic N) is 1. The van der Waals surface area contributed by atoms with Gasteiger partial charge in [-0.3, -0.25) is 4.90 Å². The topological polar surface area (TPSA) is 12.5 Å². The first-order chi connectivity index (χ1) is 9.76. The van der Waals surface area contributed by atoms with Crippen LogP contribution in [0.2, 0.25) is 0 Å². The molecule has 1 aliphatic carbocycles. The maximum absolute atomic E-state index is 6.12. The smallest absolute Gasteiger partial charge is 0.123 e. The fourth-order valence-corrected chi connectivity index (χ4v) is 3.37. The molecule has 0 radical (unpaired) electrons. The van der Waals surface area contributed by atoms with Gasteiger partial charge in [-0.05, 0) is 44.4 Å². The van der Waals surface area contributed by atoms with Crippen LogP contribution in [0.25, 0.3) is 0 Å². The van der Waals surface area contributed by atoms with Crippen LogP contribution in [-0.2, 0) is 6.42 Å². The number of rotatable bonds is 6. The molecule has 0 aromatic heterocycles. The summed E-state index contributed by atoms with van der Waals surface area (Å²) >= 11 is 5.86. The van der Waals surface area contributed by atoms with Crippen molar-refractivity contribution in [1.82, 2.24) is 4.90 Å². The number of hydrogen-bond donors (Lipinski definition) is 0. The summed E-state index contributed by atoms with van der Waals surface area (Å²) in [4.78, 5) is 2.61. The van der Waals surface area contributed by atoms with Crippen LogP contribution >= 0.6 is 11.6 Å². The Kier molecular flexibility index (Phi) is 4.52. The number of aryl methyl sites for hydroxylation is 1. The molecule has 1 fully saturated rings. The van der Waals surface area contributed by atoms with E-state index >= 15 is 0 Å². The summed E-state index contributed by atoms with van der Waals surface area (Å²) in [5.74, 6) is 1.85. The van der Waals surface area contributed by atoms with E-state index in [9.17, 15) is 0 Å². The Hall–Kier alpha value is -0.730. The average molecular weight is 294 g/mol. The van der Waals surface area contributed by atoms with Crippen LogP contribution in [0.15, 0.2) is 18.2 Å². The SMILES string of the molecule is Cc1ccc2c(c1)CC(CN(CCCCl)C1CCC1)O2. The third-order valence-corrected chi connectivity index (χ3v) is 4.83. The zero-order valence-corrected chi connectivity index (χ0v) is 13.0. The van der Waals surface area contributed by atoms with Crippen LogP contribution in [0.1, 0.15) is 36.8 Å². The van der Waals surface area contributed by atoms with E-state index in [1.165, 1.54) is 30.4 Å². The Balaban J connectivity index is 1.59. The highest BCUT2D eigenvalue weighted by molar-refractivity contribution is 6.17. The van der Waals surface area contributed by atoms with Crippen molar-refractivity contribution in [2.45, 2.75) is 51.2 Å². The normalized spacial score (nSPS) is 21.6. The fraction of sp³-hybridized carbons (Fsp3) is 0.647. The molecule has 1 aliphatic heterocycles. The molecule has 1 heterocycles. The van der Waals surface area contributed by atoms with Crippen molar-refractivity contribution in [1.29, 1.82) is 0 Å². The third-order valence-electron chi connectivity index (χ3n) is 4.57. The lowest BCUT2D eigenvalue weighted by Gasteiger charge is -2.38. The van der Waals surface area contributed by atoms with E-state index in [0.29, 0.717) is 6.10 Å². The Morgan fingerprint density at radius 1 is 1.35 bits per heavy atom. The van der Waals surface area contributed by atoms with Crippen LogP contribution in [0.5, 0.6) is 5.75 Å². The van der Waals surface area contributed by atoms with Crippen molar-refractivity contribution in [3.05, 3.63) is 29.3 Å². The number of halogens is 1. The van der Waals surface area contributed by atoms with Gasteiger partial charge in [-0.2, -0.15) is 0 Å². The maximum Gasteiger partial charge on any atom is 0.123 e. The zero-order chi connectivity index (χ0) is 13.9. The van der Waals surface area contributed by atoms with E-state index in [1.54, 1.807) is 0 Å². The molecule has 0 amide bonds. The largest absolute Gasteiger partial charge is 0.488 e. The van der Waals surface area contributed by atoms with Crippen LogP contribution in [0.4, 0.5) is 0 Å². The minimum absolute atomic E-state index is 0.322. The van der Waals surface area contributed by atoms with Crippen LogP contribution < -0.4 is 4.74 Å². The van der Waals surface area contributed by atoms with Crippen LogP contribution in [-0.4, -0.2) is 36.0 Å². The van der Waals surface area contributed by atoms with Gasteiger partial charge in [0, 0.05) is 24.9 Å². The van der Waals surface area contributed by atoms with Gasteiger partial charge in [0.25, 0.3) is 0 Å². The van der Waals surface area contributed by atoms with Gasteiger partial charge < -0.3 is 4.74 Å². The lowest BCUT2D eigenvalue weighted by molar-refractivity contribution is 0.0787. The first-order valence-corrected chi connectivity index (χ1v) is 8.36. The average Bonchev–Trinajstić information content (AvgIpc) is 2.75. The van der Waals surface area contributed by atoms with Gasteiger partial charge in [0.2, 0.25) is 0 Å². The van der Waals surface area contributed by atoms with E-state index in [0.717, 1.165) is 43.6 Å². The van der Waals surface area contributed by atoms with Gasteiger partial charge in [-0.25, -0.2) is 0 Å². The Morgan fingerprint density at radius 2 is 2.20 bits per heavy atom. The first kappa shape index (κ1) is 14.2. The molecule has 2 aliphatic rings. The fourth-order valence-electron chi connectivity index (χ4n) is 3.25. The monoisotopic (exact) mass is 293 g/mol. The highest BCUT2D eigenvalue weighted by atomic mass is 35.5. The molecule has 20 heavy (non-hydrogen) atoms. The summed E-state index contributed by atoms with van der Waals surface area (Å²) in [7, 11) is 0. The minimum Gasteiger partial charge on any atom is -0.488 e. The first-order valence-electron chi connectivity index (χ1n) is 7.82. The third kappa shape index (κ3) is 3.12. The molecule has 0 N–H and O–H groups in total. The second kappa shape index (κ2) is 6.36. The predicted molar refractivity (Wildman–Crippen MR) is 83.8 cm³/mol. The van der Waals surface area contributed by atoms with E-state index in [4.69, 9.17) is 16.3 Å². The quantitative estimate of drug-likeness (QED) is 0.740. The van der Waals surface area contributed by atoms with Crippen molar-refractivity contribution >= 4 is 11.6 Å². The number of benzene rings is 1. The number of alkyl halides is 1.